The smallest absolute Gasteiger partial charge is 0.192 e. The maximum Gasteiger partial charge on any atom is 0.192 e. The molecule has 0 radical (unpaired) electrons. The molecule has 0 fully saturated rings. The lowest BCUT2D eigenvalue weighted by atomic mass is 10.3. The minimum Gasteiger partial charge on any atom is -0.497 e. The highest BCUT2D eigenvalue weighted by Gasteiger charge is 2.10. The predicted octanol–water partition coefficient (Wildman–Crippen LogP) is 1.98. The van der Waals surface area contributed by atoms with E-state index in [0.717, 1.165) is 5.75 Å². The maximum absolute atomic E-state index is 8.70. The Labute approximate surface area is 110 Å². The van der Waals surface area contributed by atoms with Crippen molar-refractivity contribution >= 4 is 5.84 Å². The summed E-state index contributed by atoms with van der Waals surface area (Å²) in [5, 5.41) is 11.6. The number of nitrogens with zero attached hydrogens (tertiary/aromatic N) is 2. The average molecular weight is 259 g/mol. The van der Waals surface area contributed by atoms with Crippen LogP contribution in [-0.2, 0) is 0 Å². The molecule has 6 nitrogen and oxygen atoms in total. The number of methoxy groups -OCH3 is 1. The van der Waals surface area contributed by atoms with Crippen molar-refractivity contribution in [3.8, 4) is 17.2 Å². The van der Waals surface area contributed by atoms with Crippen LogP contribution >= 0.6 is 0 Å². The summed E-state index contributed by atoms with van der Waals surface area (Å²) in [6, 6.07) is 10.4. The molecule has 0 aliphatic rings. The Morgan fingerprint density at radius 3 is 2.53 bits per heavy atom. The van der Waals surface area contributed by atoms with Gasteiger partial charge in [-0.15, -0.1) is 0 Å². The highest BCUT2D eigenvalue weighted by atomic mass is 16.5. The van der Waals surface area contributed by atoms with Gasteiger partial charge in [0.2, 0.25) is 0 Å². The molecule has 0 atom stereocenters. The first-order valence-corrected chi connectivity index (χ1v) is 5.49. The molecule has 1 aromatic carbocycles. The molecule has 0 aliphatic carbocycles. The lowest BCUT2D eigenvalue weighted by molar-refractivity contribution is 0.318. The van der Waals surface area contributed by atoms with Crippen molar-refractivity contribution in [1.29, 1.82) is 0 Å². The number of hydrogen-bond donors (Lipinski definition) is 2. The Balaban J connectivity index is 2.27. The summed E-state index contributed by atoms with van der Waals surface area (Å²) in [5.41, 5.74) is 5.81. The van der Waals surface area contributed by atoms with Crippen LogP contribution < -0.4 is 15.2 Å². The van der Waals surface area contributed by atoms with Gasteiger partial charge in [0.05, 0.1) is 7.11 Å². The van der Waals surface area contributed by atoms with E-state index >= 15 is 0 Å². The monoisotopic (exact) mass is 259 g/mol. The van der Waals surface area contributed by atoms with Crippen molar-refractivity contribution in [3.05, 3.63) is 48.3 Å². The molecule has 0 saturated heterocycles. The minimum absolute atomic E-state index is 0.107. The quantitative estimate of drug-likeness (QED) is 0.379. The van der Waals surface area contributed by atoms with Crippen molar-refractivity contribution in [3.63, 3.8) is 0 Å². The summed E-state index contributed by atoms with van der Waals surface area (Å²) in [7, 11) is 1.59. The standard InChI is InChI=1S/C13H13N3O3/c1-18-9-4-6-10(7-5-9)19-11-3-2-8-15-12(11)13(14)16-17/h2-8,17H,1H3,(H2,14,16). The first-order valence-electron chi connectivity index (χ1n) is 5.49. The van der Waals surface area contributed by atoms with Crippen molar-refractivity contribution in [2.45, 2.75) is 0 Å². The number of hydrogen-bond acceptors (Lipinski definition) is 5. The fourth-order valence-electron chi connectivity index (χ4n) is 1.48. The van der Waals surface area contributed by atoms with Crippen LogP contribution in [0.2, 0.25) is 0 Å². The molecule has 0 amide bonds. The number of rotatable bonds is 4. The topological polar surface area (TPSA) is 90.0 Å². The number of oxime groups is 1. The molecule has 2 aromatic rings. The van der Waals surface area contributed by atoms with E-state index < -0.39 is 0 Å². The molecule has 6 heteroatoms. The van der Waals surface area contributed by atoms with E-state index in [1.54, 1.807) is 43.5 Å². The van der Waals surface area contributed by atoms with E-state index in [1.807, 2.05) is 0 Å². The Bertz CT molecular complexity index is 582. The molecule has 0 bridgehead atoms. The van der Waals surface area contributed by atoms with E-state index in [-0.39, 0.29) is 11.5 Å². The fraction of sp³-hybridized carbons (Fsp3) is 0.0769. The minimum atomic E-state index is -0.107. The molecule has 1 aromatic heterocycles. The van der Waals surface area contributed by atoms with E-state index in [4.69, 9.17) is 20.4 Å². The van der Waals surface area contributed by atoms with Gasteiger partial charge in [-0.25, -0.2) is 4.98 Å². The number of nitrogens with two attached hydrogens (primary N) is 1. The van der Waals surface area contributed by atoms with Gasteiger partial charge in [-0.2, -0.15) is 0 Å². The van der Waals surface area contributed by atoms with Crippen molar-refractivity contribution in [1.82, 2.24) is 4.98 Å². The summed E-state index contributed by atoms with van der Waals surface area (Å²) in [6.07, 6.45) is 1.54. The van der Waals surface area contributed by atoms with Gasteiger partial charge in [0, 0.05) is 6.20 Å². The second-order valence-electron chi connectivity index (χ2n) is 3.61. The van der Waals surface area contributed by atoms with Crippen LogP contribution in [0.4, 0.5) is 0 Å². The van der Waals surface area contributed by atoms with Crippen molar-refractivity contribution in [2.75, 3.05) is 7.11 Å². The van der Waals surface area contributed by atoms with Crippen LogP contribution in [0.25, 0.3) is 0 Å². The molecule has 98 valence electrons. The van der Waals surface area contributed by atoms with Crippen LogP contribution in [0, 0.1) is 0 Å². The molecular weight excluding hydrogens is 246 g/mol. The zero-order chi connectivity index (χ0) is 13.7. The molecule has 0 saturated carbocycles. The van der Waals surface area contributed by atoms with Gasteiger partial charge in [0.15, 0.2) is 17.3 Å². The summed E-state index contributed by atoms with van der Waals surface area (Å²) in [5.74, 6) is 1.63. The highest BCUT2D eigenvalue weighted by Crippen LogP contribution is 2.25. The Morgan fingerprint density at radius 1 is 1.21 bits per heavy atom. The molecule has 3 N–H and O–H groups in total. The van der Waals surface area contributed by atoms with Gasteiger partial charge in [0.25, 0.3) is 0 Å². The van der Waals surface area contributed by atoms with Crippen LogP contribution in [-0.4, -0.2) is 23.1 Å². The molecule has 0 aliphatic heterocycles. The van der Waals surface area contributed by atoms with Gasteiger partial charge in [0.1, 0.15) is 11.5 Å². The Hall–Kier alpha value is -2.76. The zero-order valence-electron chi connectivity index (χ0n) is 10.3. The van der Waals surface area contributed by atoms with Crippen LogP contribution in [0.5, 0.6) is 17.2 Å². The van der Waals surface area contributed by atoms with Gasteiger partial charge < -0.3 is 20.4 Å². The normalized spacial score (nSPS) is 11.1. The summed E-state index contributed by atoms with van der Waals surface area (Å²) >= 11 is 0. The van der Waals surface area contributed by atoms with Crippen LogP contribution in [0.1, 0.15) is 5.69 Å². The summed E-state index contributed by atoms with van der Waals surface area (Å²) < 4.78 is 10.7. The van der Waals surface area contributed by atoms with Crippen LogP contribution in [0.15, 0.2) is 47.8 Å². The van der Waals surface area contributed by atoms with Crippen molar-refractivity contribution < 1.29 is 14.7 Å². The van der Waals surface area contributed by atoms with Gasteiger partial charge in [-0.05, 0) is 36.4 Å². The average Bonchev–Trinajstić information content (AvgIpc) is 2.48. The summed E-state index contributed by atoms with van der Waals surface area (Å²) in [6.45, 7) is 0. The predicted molar refractivity (Wildman–Crippen MR) is 69.8 cm³/mol. The number of benzene rings is 1. The largest absolute Gasteiger partial charge is 0.497 e. The third-order valence-corrected chi connectivity index (χ3v) is 2.41. The van der Waals surface area contributed by atoms with E-state index in [1.165, 1.54) is 6.20 Å². The summed E-state index contributed by atoms with van der Waals surface area (Å²) in [4.78, 5) is 4.01. The third kappa shape index (κ3) is 2.92. The fourth-order valence-corrected chi connectivity index (χ4v) is 1.48. The molecule has 19 heavy (non-hydrogen) atoms. The second-order valence-corrected chi connectivity index (χ2v) is 3.61. The second kappa shape index (κ2) is 5.72. The number of amidine groups is 1. The highest BCUT2D eigenvalue weighted by molar-refractivity contribution is 5.97. The molecule has 0 spiro atoms. The van der Waals surface area contributed by atoms with Gasteiger partial charge >= 0.3 is 0 Å². The van der Waals surface area contributed by atoms with Gasteiger partial charge in [-0.1, -0.05) is 5.16 Å². The first kappa shape index (κ1) is 12.7. The maximum atomic E-state index is 8.70. The van der Waals surface area contributed by atoms with Crippen LogP contribution in [0.3, 0.4) is 0 Å². The Morgan fingerprint density at radius 2 is 1.89 bits per heavy atom. The lowest BCUT2D eigenvalue weighted by Crippen LogP contribution is -2.15. The third-order valence-electron chi connectivity index (χ3n) is 2.41. The molecular formula is C13H13N3O3. The van der Waals surface area contributed by atoms with E-state index in [0.29, 0.717) is 11.5 Å². The Kier molecular flexibility index (Phi) is 3.82. The van der Waals surface area contributed by atoms with Gasteiger partial charge in [-0.3, -0.25) is 0 Å². The number of aromatic nitrogens is 1. The zero-order valence-corrected chi connectivity index (χ0v) is 10.3. The number of ether oxygens (including phenoxy) is 2. The lowest BCUT2D eigenvalue weighted by Gasteiger charge is -2.09. The SMILES string of the molecule is COc1ccc(Oc2cccnc2/C(N)=N/O)cc1. The van der Waals surface area contributed by atoms with E-state index in [2.05, 4.69) is 10.1 Å². The molecule has 0 unspecified atom stereocenters. The first-order chi connectivity index (χ1) is 9.24. The number of pyridine rings is 1. The molecule has 2 rings (SSSR count). The van der Waals surface area contributed by atoms with Crippen molar-refractivity contribution in [2.24, 2.45) is 10.9 Å². The van der Waals surface area contributed by atoms with E-state index in [9.17, 15) is 0 Å². The molecule has 1 heterocycles.